The smallest absolute Gasteiger partial charge is 0.177 e. The first kappa shape index (κ1) is 8.85. The van der Waals surface area contributed by atoms with Crippen LogP contribution in [0.25, 0.3) is 0 Å². The molecule has 0 aromatic carbocycles. The predicted octanol–water partition coefficient (Wildman–Crippen LogP) is 0.527. The second-order valence-corrected chi connectivity index (χ2v) is 3.43. The topological polar surface area (TPSA) is 51.4 Å². The summed E-state index contributed by atoms with van der Waals surface area (Å²) in [6.45, 7) is 7.23. The third kappa shape index (κ3) is 1.88. The normalized spacial score (nSPS) is 29.2. The molecule has 4 heteroatoms. The number of hydrogen-bond acceptors (Lipinski definition) is 4. The van der Waals surface area contributed by atoms with Crippen LogP contribution in [0.5, 0.6) is 0 Å². The standard InChI is InChI=1S/C8H14N4/c1-8(11-7-9)4-3-5-12(6-8)10-2/h11H,2-6H2,1H3. The Morgan fingerprint density at radius 3 is 3.08 bits per heavy atom. The van der Waals surface area contributed by atoms with Crippen LogP contribution in [0.15, 0.2) is 5.10 Å². The van der Waals surface area contributed by atoms with Crippen LogP contribution in [0.3, 0.4) is 0 Å². The van der Waals surface area contributed by atoms with Gasteiger partial charge in [0.2, 0.25) is 0 Å². The van der Waals surface area contributed by atoms with Crippen molar-refractivity contribution < 1.29 is 0 Å². The molecule has 1 aliphatic rings. The van der Waals surface area contributed by atoms with Crippen LogP contribution in [0.4, 0.5) is 0 Å². The third-order valence-electron chi connectivity index (χ3n) is 2.23. The number of rotatable bonds is 2. The number of hydrazone groups is 1. The molecule has 0 radical (unpaired) electrons. The summed E-state index contributed by atoms with van der Waals surface area (Å²) in [5, 5.41) is 17.1. The second kappa shape index (κ2) is 3.44. The summed E-state index contributed by atoms with van der Waals surface area (Å²) < 4.78 is 0. The highest BCUT2D eigenvalue weighted by atomic mass is 15.5. The van der Waals surface area contributed by atoms with Crippen LogP contribution < -0.4 is 5.32 Å². The summed E-state index contributed by atoms with van der Waals surface area (Å²) in [6, 6.07) is 0. The van der Waals surface area contributed by atoms with Crippen molar-refractivity contribution in [1.29, 1.82) is 5.26 Å². The van der Waals surface area contributed by atoms with Crippen molar-refractivity contribution in [3.63, 3.8) is 0 Å². The van der Waals surface area contributed by atoms with Gasteiger partial charge in [-0.05, 0) is 19.8 Å². The number of nitrogens with zero attached hydrogens (tertiary/aromatic N) is 3. The van der Waals surface area contributed by atoms with E-state index in [4.69, 9.17) is 5.26 Å². The Morgan fingerprint density at radius 1 is 1.75 bits per heavy atom. The maximum absolute atomic E-state index is 8.52. The highest BCUT2D eigenvalue weighted by Crippen LogP contribution is 2.19. The molecule has 12 heavy (non-hydrogen) atoms. The lowest BCUT2D eigenvalue weighted by Gasteiger charge is -2.37. The lowest BCUT2D eigenvalue weighted by Crippen LogP contribution is -2.51. The molecule has 1 atom stereocenters. The third-order valence-corrected chi connectivity index (χ3v) is 2.23. The van der Waals surface area contributed by atoms with Gasteiger partial charge in [-0.25, -0.2) is 0 Å². The fourth-order valence-electron chi connectivity index (χ4n) is 1.57. The number of piperidine rings is 1. The van der Waals surface area contributed by atoms with E-state index in [1.807, 2.05) is 18.1 Å². The van der Waals surface area contributed by atoms with E-state index in [0.29, 0.717) is 0 Å². The first-order valence-corrected chi connectivity index (χ1v) is 4.08. The van der Waals surface area contributed by atoms with Crippen LogP contribution >= 0.6 is 0 Å². The van der Waals surface area contributed by atoms with Crippen molar-refractivity contribution in [2.75, 3.05) is 13.1 Å². The molecule has 1 rings (SSSR count). The van der Waals surface area contributed by atoms with Crippen molar-refractivity contribution >= 4 is 6.72 Å². The van der Waals surface area contributed by atoms with Crippen molar-refractivity contribution in [2.24, 2.45) is 5.10 Å². The van der Waals surface area contributed by atoms with Gasteiger partial charge < -0.3 is 5.32 Å². The van der Waals surface area contributed by atoms with Crippen LogP contribution in [0, 0.1) is 11.5 Å². The molecule has 66 valence electrons. The molecule has 1 saturated heterocycles. The fraction of sp³-hybridized carbons (Fsp3) is 0.750. The average Bonchev–Trinajstić information content (AvgIpc) is 2.04. The molecule has 0 aromatic heterocycles. The molecule has 1 N–H and O–H groups in total. The average molecular weight is 166 g/mol. The van der Waals surface area contributed by atoms with E-state index in [0.717, 1.165) is 25.9 Å². The molecule has 1 unspecified atom stereocenters. The Hall–Kier alpha value is -1.24. The van der Waals surface area contributed by atoms with Gasteiger partial charge in [0.05, 0.1) is 12.1 Å². The van der Waals surface area contributed by atoms with E-state index in [9.17, 15) is 0 Å². The fourth-order valence-corrected chi connectivity index (χ4v) is 1.57. The molecule has 0 saturated carbocycles. The van der Waals surface area contributed by atoms with Crippen molar-refractivity contribution in [3.05, 3.63) is 0 Å². The van der Waals surface area contributed by atoms with E-state index >= 15 is 0 Å². The van der Waals surface area contributed by atoms with Crippen LogP contribution in [-0.2, 0) is 0 Å². The number of nitrogens with one attached hydrogen (secondary N) is 1. The molecular weight excluding hydrogens is 152 g/mol. The van der Waals surface area contributed by atoms with Gasteiger partial charge in [0, 0.05) is 13.3 Å². The number of hydrogen-bond donors (Lipinski definition) is 1. The first-order chi connectivity index (χ1) is 5.70. The van der Waals surface area contributed by atoms with Gasteiger partial charge >= 0.3 is 0 Å². The van der Waals surface area contributed by atoms with Gasteiger partial charge in [-0.3, -0.25) is 5.01 Å². The summed E-state index contributed by atoms with van der Waals surface area (Å²) in [7, 11) is 0. The van der Waals surface area contributed by atoms with Crippen LogP contribution in [-0.4, -0.2) is 30.4 Å². The maximum Gasteiger partial charge on any atom is 0.177 e. The van der Waals surface area contributed by atoms with Crippen molar-refractivity contribution in [1.82, 2.24) is 10.3 Å². The molecule has 4 nitrogen and oxygen atoms in total. The van der Waals surface area contributed by atoms with Crippen LogP contribution in [0.2, 0.25) is 0 Å². The first-order valence-electron chi connectivity index (χ1n) is 4.08. The molecule has 0 aromatic rings. The van der Waals surface area contributed by atoms with E-state index in [-0.39, 0.29) is 5.54 Å². The Balaban J connectivity index is 2.55. The zero-order chi connectivity index (χ0) is 9.03. The molecule has 0 aliphatic carbocycles. The summed E-state index contributed by atoms with van der Waals surface area (Å²) in [5.41, 5.74) is -0.117. The van der Waals surface area contributed by atoms with Crippen molar-refractivity contribution in [2.45, 2.75) is 25.3 Å². The molecule has 1 heterocycles. The van der Waals surface area contributed by atoms with Gasteiger partial charge in [-0.1, -0.05) is 0 Å². The van der Waals surface area contributed by atoms with Gasteiger partial charge in [0.1, 0.15) is 0 Å². The summed E-state index contributed by atoms with van der Waals surface area (Å²) in [4.78, 5) is 0. The van der Waals surface area contributed by atoms with E-state index in [2.05, 4.69) is 17.1 Å². The van der Waals surface area contributed by atoms with E-state index < -0.39 is 0 Å². The highest BCUT2D eigenvalue weighted by Gasteiger charge is 2.29. The molecule has 1 fully saturated rings. The summed E-state index contributed by atoms with van der Waals surface area (Å²) in [5.74, 6) is 0. The lowest BCUT2D eigenvalue weighted by molar-refractivity contribution is 0.151. The zero-order valence-electron chi connectivity index (χ0n) is 7.38. The Labute approximate surface area is 72.9 Å². The minimum atomic E-state index is -0.117. The van der Waals surface area contributed by atoms with Gasteiger partial charge in [-0.2, -0.15) is 10.4 Å². The quantitative estimate of drug-likeness (QED) is 0.370. The largest absolute Gasteiger partial charge is 0.316 e. The van der Waals surface area contributed by atoms with E-state index in [1.54, 1.807) is 0 Å². The molecular formula is C8H14N4. The molecule has 0 amide bonds. The SMILES string of the molecule is C=NN1CCCC(C)(NC#N)C1. The molecule has 0 spiro atoms. The minimum Gasteiger partial charge on any atom is -0.316 e. The Bertz CT molecular complexity index is 208. The van der Waals surface area contributed by atoms with E-state index in [1.165, 1.54) is 0 Å². The summed E-state index contributed by atoms with van der Waals surface area (Å²) >= 11 is 0. The van der Waals surface area contributed by atoms with Crippen molar-refractivity contribution in [3.8, 4) is 6.19 Å². The maximum atomic E-state index is 8.52. The Morgan fingerprint density at radius 2 is 2.50 bits per heavy atom. The zero-order valence-corrected chi connectivity index (χ0v) is 7.38. The van der Waals surface area contributed by atoms with Gasteiger partial charge in [0.25, 0.3) is 0 Å². The predicted molar refractivity (Wildman–Crippen MR) is 47.5 cm³/mol. The second-order valence-electron chi connectivity index (χ2n) is 3.43. The lowest BCUT2D eigenvalue weighted by atomic mass is 9.92. The Kier molecular flexibility index (Phi) is 2.54. The van der Waals surface area contributed by atoms with Gasteiger partial charge in [0.15, 0.2) is 6.19 Å². The molecule has 1 aliphatic heterocycles. The minimum absolute atomic E-state index is 0.117. The number of nitriles is 1. The highest BCUT2D eigenvalue weighted by molar-refractivity contribution is 5.22. The monoisotopic (exact) mass is 166 g/mol. The van der Waals surface area contributed by atoms with Gasteiger partial charge in [-0.15, -0.1) is 0 Å². The molecule has 0 bridgehead atoms. The van der Waals surface area contributed by atoms with Crippen LogP contribution in [0.1, 0.15) is 19.8 Å². The summed E-state index contributed by atoms with van der Waals surface area (Å²) in [6.07, 6.45) is 4.06.